The van der Waals surface area contributed by atoms with E-state index >= 15 is 0 Å². The van der Waals surface area contributed by atoms with Crippen molar-refractivity contribution in [2.45, 2.75) is 0 Å². The Labute approximate surface area is 181 Å². The summed E-state index contributed by atoms with van der Waals surface area (Å²) in [6.45, 7) is 0. The fourth-order valence-electron chi connectivity index (χ4n) is 4.34. The summed E-state index contributed by atoms with van der Waals surface area (Å²) in [5.41, 5.74) is 4.57. The molecule has 4 nitrogen and oxygen atoms in total. The van der Waals surface area contributed by atoms with Crippen molar-refractivity contribution >= 4 is 32.8 Å². The smallest absolute Gasteiger partial charge is 0.143 e. The molecule has 0 bridgehead atoms. The first kappa shape index (κ1) is 18.3. The van der Waals surface area contributed by atoms with Crippen molar-refractivity contribution in [1.29, 1.82) is 5.26 Å². The van der Waals surface area contributed by atoms with Gasteiger partial charge in [0, 0.05) is 22.0 Å². The first-order valence-corrected chi connectivity index (χ1v) is 10.0. The van der Waals surface area contributed by atoms with Crippen LogP contribution in [0.4, 0.5) is 8.78 Å². The van der Waals surface area contributed by atoms with Gasteiger partial charge in [0.15, 0.2) is 0 Å². The summed E-state index contributed by atoms with van der Waals surface area (Å²) in [5.74, 6) is -0.262. The van der Waals surface area contributed by atoms with Gasteiger partial charge in [-0.05, 0) is 48.5 Å². The number of imidazole rings is 1. The average molecular weight is 420 g/mol. The Hall–Kier alpha value is -4.50. The van der Waals surface area contributed by atoms with Crippen molar-refractivity contribution in [3.05, 3.63) is 96.1 Å². The molecule has 0 atom stereocenters. The van der Waals surface area contributed by atoms with E-state index in [-0.39, 0.29) is 11.4 Å². The molecule has 6 aromatic rings. The van der Waals surface area contributed by atoms with Crippen molar-refractivity contribution in [1.82, 2.24) is 14.5 Å². The average Bonchev–Trinajstić information content (AvgIpc) is 3.37. The Balaban J connectivity index is 1.69. The zero-order valence-electron chi connectivity index (χ0n) is 16.6. The van der Waals surface area contributed by atoms with Gasteiger partial charge in [-0.2, -0.15) is 5.26 Å². The van der Waals surface area contributed by atoms with E-state index in [9.17, 15) is 8.78 Å². The van der Waals surface area contributed by atoms with Gasteiger partial charge in [0.25, 0.3) is 0 Å². The lowest BCUT2D eigenvalue weighted by Gasteiger charge is -2.09. The number of rotatable bonds is 2. The van der Waals surface area contributed by atoms with Crippen LogP contribution >= 0.6 is 0 Å². The second-order valence-electron chi connectivity index (χ2n) is 7.58. The number of fused-ring (bicyclic) bond motifs is 4. The predicted octanol–water partition coefficient (Wildman–Crippen LogP) is 6.48. The number of aromatic amines is 1. The maximum absolute atomic E-state index is 14.5. The number of hydrogen-bond acceptors (Lipinski definition) is 2. The van der Waals surface area contributed by atoms with Gasteiger partial charge < -0.3 is 9.55 Å². The van der Waals surface area contributed by atoms with Gasteiger partial charge in [0.05, 0.1) is 27.6 Å². The molecule has 0 aliphatic rings. The van der Waals surface area contributed by atoms with E-state index in [0.29, 0.717) is 22.5 Å². The van der Waals surface area contributed by atoms with Crippen LogP contribution in [0.5, 0.6) is 0 Å². The SMILES string of the molecule is N#Cc1ccc(-n2c3ccccc3c3c(-c4nc5ccc(F)cc5[nH]4)cccc32)cc1F. The molecule has 6 rings (SSSR count). The zero-order valence-corrected chi connectivity index (χ0v) is 16.6. The molecule has 0 saturated heterocycles. The summed E-state index contributed by atoms with van der Waals surface area (Å²) in [5, 5.41) is 11.0. The topological polar surface area (TPSA) is 57.4 Å². The molecule has 2 heterocycles. The number of nitrogens with zero attached hydrogens (tertiary/aromatic N) is 3. The molecule has 0 aliphatic heterocycles. The van der Waals surface area contributed by atoms with Crippen LogP contribution in [-0.4, -0.2) is 14.5 Å². The summed E-state index contributed by atoms with van der Waals surface area (Å²) >= 11 is 0. The van der Waals surface area contributed by atoms with E-state index in [1.807, 2.05) is 53.1 Å². The lowest BCUT2D eigenvalue weighted by atomic mass is 10.1. The van der Waals surface area contributed by atoms with Gasteiger partial charge in [0.2, 0.25) is 0 Å². The summed E-state index contributed by atoms with van der Waals surface area (Å²) in [6.07, 6.45) is 0. The molecule has 2 aromatic heterocycles. The van der Waals surface area contributed by atoms with E-state index in [4.69, 9.17) is 5.26 Å². The highest BCUT2D eigenvalue weighted by Crippen LogP contribution is 2.38. The number of para-hydroxylation sites is 1. The lowest BCUT2D eigenvalue weighted by molar-refractivity contribution is 0.623. The zero-order chi connectivity index (χ0) is 21.8. The first-order valence-electron chi connectivity index (χ1n) is 10.0. The number of hydrogen-bond donors (Lipinski definition) is 1. The number of nitrogens with one attached hydrogen (secondary N) is 1. The quantitative estimate of drug-likeness (QED) is 0.349. The summed E-state index contributed by atoms with van der Waals surface area (Å²) in [4.78, 5) is 7.90. The van der Waals surface area contributed by atoms with Crippen LogP contribution in [0.25, 0.3) is 49.9 Å². The Morgan fingerprint density at radius 3 is 2.56 bits per heavy atom. The van der Waals surface area contributed by atoms with Gasteiger partial charge in [-0.15, -0.1) is 0 Å². The number of H-pyrrole nitrogens is 1. The van der Waals surface area contributed by atoms with Crippen LogP contribution < -0.4 is 0 Å². The Morgan fingerprint density at radius 1 is 0.875 bits per heavy atom. The van der Waals surface area contributed by atoms with E-state index in [0.717, 1.165) is 27.4 Å². The van der Waals surface area contributed by atoms with E-state index in [1.54, 1.807) is 12.1 Å². The van der Waals surface area contributed by atoms with Gasteiger partial charge in [-0.25, -0.2) is 13.8 Å². The standard InChI is InChI=1S/C26H14F2N4/c27-16-9-11-21-22(12-16)31-26(30-21)19-5-3-7-24-25(19)18-4-1-2-6-23(18)32(24)17-10-8-15(14-29)20(28)13-17/h1-13H,(H,30,31). The van der Waals surface area contributed by atoms with Crippen LogP contribution in [0, 0.1) is 23.0 Å². The second-order valence-corrected chi connectivity index (χ2v) is 7.58. The van der Waals surface area contributed by atoms with E-state index in [2.05, 4.69) is 9.97 Å². The Bertz CT molecular complexity index is 1720. The number of aromatic nitrogens is 3. The Morgan fingerprint density at radius 2 is 1.72 bits per heavy atom. The third-order valence-electron chi connectivity index (χ3n) is 5.73. The van der Waals surface area contributed by atoms with E-state index in [1.165, 1.54) is 24.3 Å². The molecule has 0 spiro atoms. The molecule has 0 fully saturated rings. The molecule has 6 heteroatoms. The number of benzene rings is 4. The molecule has 152 valence electrons. The van der Waals surface area contributed by atoms with Crippen molar-refractivity contribution in [2.24, 2.45) is 0 Å². The molecule has 1 N–H and O–H groups in total. The molecule has 0 aliphatic carbocycles. The monoisotopic (exact) mass is 420 g/mol. The fraction of sp³-hybridized carbons (Fsp3) is 0. The maximum Gasteiger partial charge on any atom is 0.143 e. The third kappa shape index (κ3) is 2.62. The summed E-state index contributed by atoms with van der Waals surface area (Å²) < 4.78 is 30.1. The van der Waals surface area contributed by atoms with Crippen LogP contribution in [0.3, 0.4) is 0 Å². The summed E-state index contributed by atoms with van der Waals surface area (Å²) in [6, 6.07) is 24.7. The minimum absolute atomic E-state index is 0.00436. The van der Waals surface area contributed by atoms with Crippen molar-refractivity contribution in [3.63, 3.8) is 0 Å². The normalized spacial score (nSPS) is 11.4. The highest BCUT2D eigenvalue weighted by atomic mass is 19.1. The largest absolute Gasteiger partial charge is 0.338 e. The first-order chi connectivity index (χ1) is 15.6. The lowest BCUT2D eigenvalue weighted by Crippen LogP contribution is -1.96. The molecule has 4 aromatic carbocycles. The molecule has 0 saturated carbocycles. The van der Waals surface area contributed by atoms with Crippen molar-refractivity contribution in [3.8, 4) is 23.1 Å². The molecule has 32 heavy (non-hydrogen) atoms. The van der Waals surface area contributed by atoms with Crippen LogP contribution in [0.15, 0.2) is 78.9 Å². The summed E-state index contributed by atoms with van der Waals surface area (Å²) in [7, 11) is 0. The van der Waals surface area contributed by atoms with Crippen molar-refractivity contribution < 1.29 is 8.78 Å². The highest BCUT2D eigenvalue weighted by Gasteiger charge is 2.18. The maximum atomic E-state index is 14.5. The van der Waals surface area contributed by atoms with E-state index < -0.39 is 5.82 Å². The van der Waals surface area contributed by atoms with Gasteiger partial charge in [0.1, 0.15) is 23.5 Å². The predicted molar refractivity (Wildman–Crippen MR) is 120 cm³/mol. The van der Waals surface area contributed by atoms with Crippen molar-refractivity contribution in [2.75, 3.05) is 0 Å². The highest BCUT2D eigenvalue weighted by molar-refractivity contribution is 6.15. The van der Waals surface area contributed by atoms with Gasteiger partial charge >= 0.3 is 0 Å². The Kier molecular flexibility index (Phi) is 3.86. The van der Waals surface area contributed by atoms with Gasteiger partial charge in [-0.3, -0.25) is 0 Å². The van der Waals surface area contributed by atoms with Gasteiger partial charge in [-0.1, -0.05) is 30.3 Å². The fourth-order valence-corrected chi connectivity index (χ4v) is 4.34. The number of nitriles is 1. The second kappa shape index (κ2) is 6.76. The minimum atomic E-state index is -0.564. The third-order valence-corrected chi connectivity index (χ3v) is 5.73. The molecular weight excluding hydrogens is 406 g/mol. The molecule has 0 unspecified atom stereocenters. The van der Waals surface area contributed by atoms with Crippen LogP contribution in [0.1, 0.15) is 5.56 Å². The number of halogens is 2. The minimum Gasteiger partial charge on any atom is -0.338 e. The molecular formula is C26H14F2N4. The molecule has 0 radical (unpaired) electrons. The van der Waals surface area contributed by atoms with Crippen LogP contribution in [-0.2, 0) is 0 Å². The van der Waals surface area contributed by atoms with Crippen LogP contribution in [0.2, 0.25) is 0 Å². The molecule has 0 amide bonds.